The van der Waals surface area contributed by atoms with Crippen LogP contribution in [-0.4, -0.2) is 68.9 Å². The lowest BCUT2D eigenvalue weighted by atomic mass is 10.1. The molecule has 18 heavy (non-hydrogen) atoms. The van der Waals surface area contributed by atoms with E-state index in [1.54, 1.807) is 14.2 Å². The van der Waals surface area contributed by atoms with Gasteiger partial charge in [0.25, 0.3) is 0 Å². The summed E-state index contributed by atoms with van der Waals surface area (Å²) >= 11 is 0. The van der Waals surface area contributed by atoms with E-state index < -0.39 is 0 Å². The first-order chi connectivity index (χ1) is 8.70. The number of hydrogen-bond acceptors (Lipinski definition) is 3. The lowest BCUT2D eigenvalue weighted by Crippen LogP contribution is -2.51. The standard InChI is InChI=1S/C13H26N2O3/c1-12(11-18-3)15(9-10-17-2)13(16)14-7-5-4-6-8-14/h12H,4-11H2,1-3H3. The van der Waals surface area contributed by atoms with E-state index in [9.17, 15) is 4.79 Å². The summed E-state index contributed by atoms with van der Waals surface area (Å²) in [6.07, 6.45) is 3.46. The number of piperidine rings is 1. The monoisotopic (exact) mass is 258 g/mol. The van der Waals surface area contributed by atoms with Crippen LogP contribution in [-0.2, 0) is 9.47 Å². The highest BCUT2D eigenvalue weighted by molar-refractivity contribution is 5.74. The molecule has 1 fully saturated rings. The minimum atomic E-state index is 0.0829. The molecule has 5 nitrogen and oxygen atoms in total. The summed E-state index contributed by atoms with van der Waals surface area (Å²) in [6.45, 7) is 5.51. The molecular formula is C13H26N2O3. The fraction of sp³-hybridized carbons (Fsp3) is 0.923. The third-order valence-corrected chi connectivity index (χ3v) is 3.35. The minimum absolute atomic E-state index is 0.0829. The van der Waals surface area contributed by atoms with Crippen LogP contribution in [0.1, 0.15) is 26.2 Å². The van der Waals surface area contributed by atoms with Crippen LogP contribution in [0.5, 0.6) is 0 Å². The Morgan fingerprint density at radius 3 is 2.44 bits per heavy atom. The van der Waals surface area contributed by atoms with Gasteiger partial charge in [0.15, 0.2) is 0 Å². The van der Waals surface area contributed by atoms with E-state index in [2.05, 4.69) is 0 Å². The first kappa shape index (κ1) is 15.2. The van der Waals surface area contributed by atoms with Crippen LogP contribution < -0.4 is 0 Å². The highest BCUT2D eigenvalue weighted by atomic mass is 16.5. The summed E-state index contributed by atoms with van der Waals surface area (Å²) in [7, 11) is 3.32. The van der Waals surface area contributed by atoms with E-state index >= 15 is 0 Å². The van der Waals surface area contributed by atoms with Crippen molar-refractivity contribution >= 4 is 6.03 Å². The van der Waals surface area contributed by atoms with Crippen molar-refractivity contribution in [2.45, 2.75) is 32.2 Å². The maximum absolute atomic E-state index is 12.5. The number of ether oxygens (including phenoxy) is 2. The molecule has 1 heterocycles. The van der Waals surface area contributed by atoms with Crippen LogP contribution in [0.3, 0.4) is 0 Å². The summed E-state index contributed by atoms with van der Waals surface area (Å²) in [4.78, 5) is 16.3. The lowest BCUT2D eigenvalue weighted by Gasteiger charge is -2.36. The number of amides is 2. The summed E-state index contributed by atoms with van der Waals surface area (Å²) in [5, 5.41) is 0. The third kappa shape index (κ3) is 4.46. The van der Waals surface area contributed by atoms with E-state index in [0.29, 0.717) is 19.8 Å². The van der Waals surface area contributed by atoms with E-state index in [1.165, 1.54) is 6.42 Å². The maximum atomic E-state index is 12.5. The first-order valence-corrected chi connectivity index (χ1v) is 6.74. The molecule has 1 atom stereocenters. The molecule has 1 rings (SSSR count). The Bertz CT molecular complexity index is 242. The van der Waals surface area contributed by atoms with Crippen molar-refractivity contribution in [1.82, 2.24) is 9.80 Å². The lowest BCUT2D eigenvalue weighted by molar-refractivity contribution is 0.0717. The Morgan fingerprint density at radius 2 is 1.89 bits per heavy atom. The highest BCUT2D eigenvalue weighted by Gasteiger charge is 2.25. The number of rotatable bonds is 6. The average Bonchev–Trinajstić information content (AvgIpc) is 2.40. The van der Waals surface area contributed by atoms with E-state index in [4.69, 9.17) is 9.47 Å². The second-order valence-corrected chi connectivity index (χ2v) is 4.82. The molecule has 1 aliphatic heterocycles. The smallest absolute Gasteiger partial charge is 0.320 e. The van der Waals surface area contributed by atoms with Crippen LogP contribution in [0, 0.1) is 0 Å². The fourth-order valence-electron chi connectivity index (χ4n) is 2.29. The second kappa shape index (κ2) is 8.32. The van der Waals surface area contributed by atoms with Crippen molar-refractivity contribution < 1.29 is 14.3 Å². The number of likely N-dealkylation sites (tertiary alicyclic amines) is 1. The van der Waals surface area contributed by atoms with Crippen molar-refractivity contribution in [3.05, 3.63) is 0 Å². The Kier molecular flexibility index (Phi) is 7.05. The molecule has 0 aromatic heterocycles. The summed E-state index contributed by atoms with van der Waals surface area (Å²) < 4.78 is 10.2. The quantitative estimate of drug-likeness (QED) is 0.726. The zero-order valence-corrected chi connectivity index (χ0v) is 11.9. The van der Waals surface area contributed by atoms with Crippen molar-refractivity contribution in [1.29, 1.82) is 0 Å². The average molecular weight is 258 g/mol. The number of carbonyl (C=O) groups excluding carboxylic acids is 1. The van der Waals surface area contributed by atoms with Crippen molar-refractivity contribution in [2.24, 2.45) is 0 Å². The molecule has 0 saturated carbocycles. The molecule has 106 valence electrons. The van der Waals surface area contributed by atoms with Gasteiger partial charge in [-0.05, 0) is 26.2 Å². The number of urea groups is 1. The van der Waals surface area contributed by atoms with Gasteiger partial charge in [-0.3, -0.25) is 0 Å². The van der Waals surface area contributed by atoms with Gasteiger partial charge in [0.1, 0.15) is 0 Å². The molecule has 0 aromatic rings. The number of methoxy groups -OCH3 is 2. The van der Waals surface area contributed by atoms with E-state index in [0.717, 1.165) is 25.9 Å². The molecular weight excluding hydrogens is 232 g/mol. The van der Waals surface area contributed by atoms with Gasteiger partial charge in [-0.1, -0.05) is 0 Å². The molecule has 1 unspecified atom stereocenters. The number of carbonyl (C=O) groups is 1. The normalized spacial score (nSPS) is 17.6. The highest BCUT2D eigenvalue weighted by Crippen LogP contribution is 2.13. The van der Waals surface area contributed by atoms with E-state index in [1.807, 2.05) is 16.7 Å². The van der Waals surface area contributed by atoms with Gasteiger partial charge in [-0.15, -0.1) is 0 Å². The van der Waals surface area contributed by atoms with Gasteiger partial charge in [0.05, 0.1) is 19.3 Å². The SMILES string of the molecule is COCCN(C(=O)N1CCCCC1)C(C)COC. The maximum Gasteiger partial charge on any atom is 0.320 e. The van der Waals surface area contributed by atoms with Crippen LogP contribution in [0.25, 0.3) is 0 Å². The van der Waals surface area contributed by atoms with Crippen molar-refractivity contribution in [3.63, 3.8) is 0 Å². The summed E-state index contributed by atoms with van der Waals surface area (Å²) in [5.74, 6) is 0. The molecule has 1 saturated heterocycles. The molecule has 5 heteroatoms. The van der Waals surface area contributed by atoms with E-state index in [-0.39, 0.29) is 12.1 Å². The third-order valence-electron chi connectivity index (χ3n) is 3.35. The molecule has 0 aliphatic carbocycles. The zero-order valence-electron chi connectivity index (χ0n) is 11.9. The largest absolute Gasteiger partial charge is 0.383 e. The van der Waals surface area contributed by atoms with Crippen LogP contribution in [0.4, 0.5) is 4.79 Å². The Hall–Kier alpha value is -0.810. The molecule has 0 N–H and O–H groups in total. The molecule has 2 amide bonds. The van der Waals surface area contributed by atoms with Crippen LogP contribution >= 0.6 is 0 Å². The van der Waals surface area contributed by atoms with Gasteiger partial charge < -0.3 is 19.3 Å². The Morgan fingerprint density at radius 1 is 1.22 bits per heavy atom. The van der Waals surface area contributed by atoms with Crippen LogP contribution in [0.15, 0.2) is 0 Å². The Balaban J connectivity index is 2.58. The molecule has 0 radical (unpaired) electrons. The summed E-state index contributed by atoms with van der Waals surface area (Å²) in [6, 6.07) is 0.205. The van der Waals surface area contributed by atoms with Crippen LogP contribution in [0.2, 0.25) is 0 Å². The topological polar surface area (TPSA) is 42.0 Å². The second-order valence-electron chi connectivity index (χ2n) is 4.82. The minimum Gasteiger partial charge on any atom is -0.383 e. The fourth-order valence-corrected chi connectivity index (χ4v) is 2.29. The number of hydrogen-bond donors (Lipinski definition) is 0. The van der Waals surface area contributed by atoms with Gasteiger partial charge >= 0.3 is 6.03 Å². The van der Waals surface area contributed by atoms with Gasteiger partial charge in [0, 0.05) is 33.9 Å². The molecule has 0 bridgehead atoms. The predicted molar refractivity (Wildman–Crippen MR) is 70.7 cm³/mol. The zero-order chi connectivity index (χ0) is 13.4. The summed E-state index contributed by atoms with van der Waals surface area (Å²) in [5.41, 5.74) is 0. The van der Waals surface area contributed by atoms with Crippen molar-refractivity contribution in [3.8, 4) is 0 Å². The molecule has 1 aliphatic rings. The van der Waals surface area contributed by atoms with Gasteiger partial charge in [-0.2, -0.15) is 0 Å². The van der Waals surface area contributed by atoms with Crippen molar-refractivity contribution in [2.75, 3.05) is 47.1 Å². The first-order valence-electron chi connectivity index (χ1n) is 6.74. The van der Waals surface area contributed by atoms with Gasteiger partial charge in [0.2, 0.25) is 0 Å². The van der Waals surface area contributed by atoms with Gasteiger partial charge in [-0.25, -0.2) is 4.79 Å². The molecule has 0 spiro atoms. The Labute approximate surface area is 110 Å². The number of nitrogens with zero attached hydrogens (tertiary/aromatic N) is 2. The predicted octanol–water partition coefficient (Wildman–Crippen LogP) is 1.58. The molecule has 0 aromatic carbocycles.